The average Bonchev–Trinajstić information content (AvgIpc) is 2.31. The molecule has 0 aliphatic carbocycles. The molecular formula is C16H29. The Morgan fingerprint density at radius 3 is 1.88 bits per heavy atom. The monoisotopic (exact) mass is 221 g/mol. The van der Waals surface area contributed by atoms with Gasteiger partial charge in [-0.15, -0.1) is 0 Å². The molecule has 0 heteroatoms. The van der Waals surface area contributed by atoms with E-state index >= 15 is 0 Å². The van der Waals surface area contributed by atoms with E-state index in [0.717, 1.165) is 6.42 Å². The van der Waals surface area contributed by atoms with E-state index < -0.39 is 0 Å². The summed E-state index contributed by atoms with van der Waals surface area (Å²) in [4.78, 5) is 0. The van der Waals surface area contributed by atoms with Gasteiger partial charge >= 0.3 is 0 Å². The van der Waals surface area contributed by atoms with E-state index in [0.29, 0.717) is 0 Å². The molecule has 0 fully saturated rings. The largest absolute Gasteiger partial charge is 0.0888 e. The second-order valence-electron chi connectivity index (χ2n) is 4.34. The minimum atomic E-state index is 1.10. The van der Waals surface area contributed by atoms with Crippen molar-refractivity contribution in [2.45, 2.75) is 71.1 Å². The minimum absolute atomic E-state index is 1.10. The van der Waals surface area contributed by atoms with Crippen LogP contribution in [0.5, 0.6) is 0 Å². The van der Waals surface area contributed by atoms with Crippen LogP contribution in [-0.4, -0.2) is 0 Å². The van der Waals surface area contributed by atoms with Crippen LogP contribution >= 0.6 is 0 Å². The molecule has 0 bridgehead atoms. The summed E-state index contributed by atoms with van der Waals surface area (Å²) in [6.07, 6.45) is 22.0. The fourth-order valence-corrected chi connectivity index (χ4v) is 1.67. The van der Waals surface area contributed by atoms with E-state index in [1.807, 2.05) is 0 Å². The highest BCUT2D eigenvalue weighted by atomic mass is 13.9. The van der Waals surface area contributed by atoms with Crippen LogP contribution in [-0.2, 0) is 0 Å². The highest BCUT2D eigenvalue weighted by molar-refractivity contribution is 4.84. The van der Waals surface area contributed by atoms with Gasteiger partial charge in [-0.1, -0.05) is 63.8 Å². The van der Waals surface area contributed by atoms with Crippen LogP contribution in [0.3, 0.4) is 0 Å². The lowest BCUT2D eigenvalue weighted by atomic mass is 10.1. The first kappa shape index (κ1) is 15.5. The first-order valence-electron chi connectivity index (χ1n) is 7.01. The van der Waals surface area contributed by atoms with Crippen LogP contribution in [0.25, 0.3) is 0 Å². The Labute approximate surface area is 103 Å². The molecule has 16 heavy (non-hydrogen) atoms. The van der Waals surface area contributed by atoms with Gasteiger partial charge in [-0.3, -0.25) is 0 Å². The molecule has 0 saturated carbocycles. The van der Waals surface area contributed by atoms with E-state index in [9.17, 15) is 0 Å². The molecular weight excluding hydrogens is 192 g/mol. The Hall–Kier alpha value is -0.520. The summed E-state index contributed by atoms with van der Waals surface area (Å²) >= 11 is 0. The van der Waals surface area contributed by atoms with Crippen LogP contribution in [0, 0.1) is 6.92 Å². The minimum Gasteiger partial charge on any atom is -0.0888 e. The molecule has 0 aliphatic heterocycles. The Balaban J connectivity index is 3.07. The second-order valence-corrected chi connectivity index (χ2v) is 4.34. The molecule has 0 aromatic rings. The molecule has 0 nitrogen and oxygen atoms in total. The fourth-order valence-electron chi connectivity index (χ4n) is 1.67. The Morgan fingerprint density at radius 2 is 1.25 bits per heavy atom. The van der Waals surface area contributed by atoms with Gasteiger partial charge < -0.3 is 0 Å². The van der Waals surface area contributed by atoms with Crippen molar-refractivity contribution in [2.24, 2.45) is 0 Å². The van der Waals surface area contributed by atoms with Crippen molar-refractivity contribution in [1.82, 2.24) is 0 Å². The van der Waals surface area contributed by atoms with E-state index in [4.69, 9.17) is 0 Å². The third-order valence-corrected chi connectivity index (χ3v) is 2.68. The highest BCUT2D eigenvalue weighted by Gasteiger charge is 1.86. The molecule has 93 valence electrons. The molecule has 0 atom stereocenters. The van der Waals surface area contributed by atoms with E-state index in [1.165, 1.54) is 57.8 Å². The summed E-state index contributed by atoms with van der Waals surface area (Å²) in [5.74, 6) is 0. The molecule has 0 spiro atoms. The average molecular weight is 221 g/mol. The lowest BCUT2D eigenvalue weighted by Gasteiger charge is -1.96. The molecule has 0 amide bonds. The van der Waals surface area contributed by atoms with Crippen molar-refractivity contribution >= 4 is 0 Å². The third kappa shape index (κ3) is 13.5. The molecule has 0 saturated heterocycles. The quantitative estimate of drug-likeness (QED) is 0.303. The van der Waals surface area contributed by atoms with Gasteiger partial charge in [-0.2, -0.15) is 0 Å². The van der Waals surface area contributed by atoms with Crippen LogP contribution in [0.2, 0.25) is 0 Å². The predicted octanol–water partition coefficient (Wildman–Crippen LogP) is 5.85. The van der Waals surface area contributed by atoms with Gasteiger partial charge in [-0.05, 0) is 38.5 Å². The van der Waals surface area contributed by atoms with Gasteiger partial charge in [0.05, 0.1) is 0 Å². The summed E-state index contributed by atoms with van der Waals surface area (Å²) < 4.78 is 0. The van der Waals surface area contributed by atoms with E-state index in [2.05, 4.69) is 38.2 Å². The zero-order valence-corrected chi connectivity index (χ0v) is 11.1. The molecule has 0 aromatic heterocycles. The normalized spacial score (nSPS) is 11.9. The van der Waals surface area contributed by atoms with Gasteiger partial charge in [-0.25, -0.2) is 0 Å². The van der Waals surface area contributed by atoms with Crippen molar-refractivity contribution in [3.05, 3.63) is 31.2 Å². The van der Waals surface area contributed by atoms with Crippen molar-refractivity contribution < 1.29 is 0 Å². The lowest BCUT2D eigenvalue weighted by molar-refractivity contribution is 0.651. The number of allylic oxidation sites excluding steroid dienone is 4. The molecule has 0 aromatic carbocycles. The van der Waals surface area contributed by atoms with E-state index in [1.54, 1.807) is 0 Å². The Bertz CT molecular complexity index is 165. The molecule has 1 radical (unpaired) electrons. The third-order valence-electron chi connectivity index (χ3n) is 2.68. The van der Waals surface area contributed by atoms with Gasteiger partial charge in [0.25, 0.3) is 0 Å². The topological polar surface area (TPSA) is 0 Å². The summed E-state index contributed by atoms with van der Waals surface area (Å²) in [7, 11) is 0. The maximum Gasteiger partial charge on any atom is -0.0348 e. The standard InChI is InChI=1S/C16H29/c1-3-5-7-9-11-13-15-16-14-12-10-8-6-4-2/h6,8,15-16H,1,3-5,7,9-14H2,2H3. The number of unbranched alkanes of at least 4 members (excludes halogenated alkanes) is 7. The van der Waals surface area contributed by atoms with Crippen LogP contribution < -0.4 is 0 Å². The first-order chi connectivity index (χ1) is 7.91. The molecule has 0 N–H and O–H groups in total. The van der Waals surface area contributed by atoms with Gasteiger partial charge in [0.2, 0.25) is 0 Å². The summed E-state index contributed by atoms with van der Waals surface area (Å²) in [5, 5.41) is 0. The Morgan fingerprint density at radius 1 is 0.688 bits per heavy atom. The first-order valence-corrected chi connectivity index (χ1v) is 7.01. The number of hydrogen-bond acceptors (Lipinski definition) is 0. The smallest absolute Gasteiger partial charge is 0.0348 e. The molecule has 0 rings (SSSR count). The number of rotatable bonds is 11. The van der Waals surface area contributed by atoms with Crippen molar-refractivity contribution in [1.29, 1.82) is 0 Å². The number of hydrogen-bond donors (Lipinski definition) is 0. The van der Waals surface area contributed by atoms with Crippen LogP contribution in [0.4, 0.5) is 0 Å². The van der Waals surface area contributed by atoms with Crippen molar-refractivity contribution in [3.8, 4) is 0 Å². The SMILES string of the molecule is [CH2]CCCCCCC=CCCCC=CCC. The molecule has 0 heterocycles. The maximum atomic E-state index is 3.86. The second kappa shape index (κ2) is 14.5. The van der Waals surface area contributed by atoms with Crippen LogP contribution in [0.1, 0.15) is 71.1 Å². The molecule has 0 aliphatic rings. The van der Waals surface area contributed by atoms with Gasteiger partial charge in [0.15, 0.2) is 0 Å². The fraction of sp³-hybridized carbons (Fsp3) is 0.688. The summed E-state index contributed by atoms with van der Waals surface area (Å²) in [5.41, 5.74) is 0. The summed E-state index contributed by atoms with van der Waals surface area (Å²) in [6.45, 7) is 6.04. The summed E-state index contributed by atoms with van der Waals surface area (Å²) in [6, 6.07) is 0. The molecule has 0 unspecified atom stereocenters. The zero-order valence-electron chi connectivity index (χ0n) is 11.1. The maximum absolute atomic E-state index is 3.86. The van der Waals surface area contributed by atoms with Gasteiger partial charge in [0, 0.05) is 0 Å². The van der Waals surface area contributed by atoms with Crippen molar-refractivity contribution in [3.63, 3.8) is 0 Å². The van der Waals surface area contributed by atoms with Gasteiger partial charge in [0.1, 0.15) is 0 Å². The zero-order chi connectivity index (χ0) is 11.9. The Kier molecular flexibility index (Phi) is 14.0. The lowest BCUT2D eigenvalue weighted by Crippen LogP contribution is -1.76. The van der Waals surface area contributed by atoms with Crippen LogP contribution in [0.15, 0.2) is 24.3 Å². The predicted molar refractivity (Wildman–Crippen MR) is 75.5 cm³/mol. The van der Waals surface area contributed by atoms with Crippen molar-refractivity contribution in [2.75, 3.05) is 0 Å². The highest BCUT2D eigenvalue weighted by Crippen LogP contribution is 2.06. The van der Waals surface area contributed by atoms with E-state index in [-0.39, 0.29) is 0 Å².